The molecule has 5 nitrogen and oxygen atoms in total. The number of halogens is 2. The fraction of sp³-hybridized carbons (Fsp3) is 0.231. The highest BCUT2D eigenvalue weighted by molar-refractivity contribution is 9.10. The van der Waals surface area contributed by atoms with Gasteiger partial charge in [-0.15, -0.1) is 0 Å². The Balaban J connectivity index is 2.29. The van der Waals surface area contributed by atoms with Crippen molar-refractivity contribution >= 4 is 21.8 Å². The summed E-state index contributed by atoms with van der Waals surface area (Å²) in [7, 11) is 2.91. The topological polar surface area (TPSA) is 58.2 Å². The predicted molar refractivity (Wildman–Crippen MR) is 74.6 cm³/mol. The van der Waals surface area contributed by atoms with Gasteiger partial charge in [0.25, 0.3) is 5.91 Å². The van der Waals surface area contributed by atoms with E-state index >= 15 is 0 Å². The van der Waals surface area contributed by atoms with E-state index in [2.05, 4.69) is 26.1 Å². The van der Waals surface area contributed by atoms with Gasteiger partial charge in [0.15, 0.2) is 0 Å². The van der Waals surface area contributed by atoms with Crippen LogP contribution in [0.15, 0.2) is 28.9 Å². The summed E-state index contributed by atoms with van der Waals surface area (Å²) in [5, 5.41) is 7.74. The molecule has 0 atom stereocenters. The van der Waals surface area contributed by atoms with Crippen molar-refractivity contribution in [3.05, 3.63) is 51.5 Å². The number of amides is 1. The van der Waals surface area contributed by atoms with Crippen molar-refractivity contribution in [3.63, 3.8) is 0 Å². The Morgan fingerprint density at radius 1 is 1.55 bits per heavy atom. The molecule has 0 fully saturated rings. The van der Waals surface area contributed by atoms with Gasteiger partial charge in [-0.25, -0.2) is 9.45 Å². The second-order valence-electron chi connectivity index (χ2n) is 4.14. The minimum atomic E-state index is -0.344. The van der Waals surface area contributed by atoms with Gasteiger partial charge in [-0.3, -0.25) is 14.7 Å². The summed E-state index contributed by atoms with van der Waals surface area (Å²) >= 11 is 3.20. The van der Waals surface area contributed by atoms with E-state index in [9.17, 15) is 9.18 Å². The molecule has 0 saturated carbocycles. The Labute approximate surface area is 123 Å². The zero-order valence-electron chi connectivity index (χ0n) is 11.0. The van der Waals surface area contributed by atoms with Crippen molar-refractivity contribution in [1.82, 2.24) is 15.3 Å². The maximum atomic E-state index is 13.5. The lowest BCUT2D eigenvalue weighted by Crippen LogP contribution is -2.26. The lowest BCUT2D eigenvalue weighted by Gasteiger charge is -2.13. The zero-order chi connectivity index (χ0) is 14.7. The summed E-state index contributed by atoms with van der Waals surface area (Å²) in [6, 6.07) is 4.77. The number of nitrogens with one attached hydrogen (secondary N) is 1. The molecule has 1 aromatic heterocycles. The predicted octanol–water partition coefficient (Wildman–Crippen LogP) is 2.54. The maximum absolute atomic E-state index is 13.5. The van der Waals surface area contributed by atoms with Crippen LogP contribution in [0.5, 0.6) is 0 Å². The minimum absolute atomic E-state index is 0.316. The van der Waals surface area contributed by atoms with Gasteiger partial charge in [-0.1, -0.05) is 12.1 Å². The van der Waals surface area contributed by atoms with Crippen molar-refractivity contribution < 1.29 is 14.0 Å². The van der Waals surface area contributed by atoms with Crippen LogP contribution in [-0.4, -0.2) is 35.3 Å². The number of aromatic nitrogens is 2. The summed E-state index contributed by atoms with van der Waals surface area (Å²) in [6.45, 7) is 0. The molecule has 1 heterocycles. The Hall–Kier alpha value is -1.73. The molecule has 0 aliphatic carbocycles. The lowest BCUT2D eigenvalue weighted by atomic mass is 10.1. The van der Waals surface area contributed by atoms with E-state index in [0.29, 0.717) is 22.2 Å². The molecule has 2 aromatic rings. The van der Waals surface area contributed by atoms with Crippen molar-refractivity contribution in [2.45, 2.75) is 6.42 Å². The zero-order valence-corrected chi connectivity index (χ0v) is 12.6. The average Bonchev–Trinajstić information content (AvgIpc) is 2.90. The third-order valence-corrected chi connectivity index (χ3v) is 3.80. The normalized spacial score (nSPS) is 10.6. The molecular weight excluding hydrogens is 329 g/mol. The van der Waals surface area contributed by atoms with Crippen LogP contribution in [0.2, 0.25) is 0 Å². The van der Waals surface area contributed by atoms with E-state index in [1.54, 1.807) is 12.1 Å². The first-order chi connectivity index (χ1) is 9.54. The smallest absolute Gasteiger partial charge is 0.280 e. The van der Waals surface area contributed by atoms with Gasteiger partial charge in [-0.2, -0.15) is 5.10 Å². The van der Waals surface area contributed by atoms with E-state index in [0.717, 1.165) is 10.6 Å². The molecule has 7 heteroatoms. The maximum Gasteiger partial charge on any atom is 0.280 e. The highest BCUT2D eigenvalue weighted by atomic mass is 79.9. The molecule has 1 amide bonds. The highest BCUT2D eigenvalue weighted by Crippen LogP contribution is 2.23. The van der Waals surface area contributed by atoms with Gasteiger partial charge in [0.05, 0.1) is 29.0 Å². The minimum Gasteiger partial charge on any atom is -0.281 e. The molecule has 20 heavy (non-hydrogen) atoms. The second-order valence-corrected chi connectivity index (χ2v) is 4.93. The number of carbonyl (C=O) groups excluding carboxylic acids is 1. The number of hydrogen-bond donors (Lipinski definition) is 1. The molecule has 0 spiro atoms. The summed E-state index contributed by atoms with van der Waals surface area (Å²) in [5.41, 5.74) is 1.72. The molecule has 0 aliphatic heterocycles. The van der Waals surface area contributed by atoms with Crippen molar-refractivity contribution in [3.8, 4) is 0 Å². The van der Waals surface area contributed by atoms with Gasteiger partial charge >= 0.3 is 0 Å². The Bertz CT molecular complexity index is 630. The van der Waals surface area contributed by atoms with E-state index in [-0.39, 0.29) is 11.7 Å². The molecule has 2 rings (SSSR count). The first kappa shape index (κ1) is 14.7. The number of nitrogens with zero attached hydrogens (tertiary/aromatic N) is 2. The Morgan fingerprint density at radius 2 is 2.30 bits per heavy atom. The molecule has 0 bridgehead atoms. The molecule has 1 aromatic carbocycles. The van der Waals surface area contributed by atoms with Crippen LogP contribution >= 0.6 is 15.9 Å². The molecule has 0 radical (unpaired) electrons. The van der Waals surface area contributed by atoms with Gasteiger partial charge < -0.3 is 0 Å². The van der Waals surface area contributed by atoms with E-state index in [1.165, 1.54) is 26.4 Å². The SMILES string of the molecule is CON(C)C(=O)c1cn[nH]c1Cc1cccc(F)c1Br. The second kappa shape index (κ2) is 6.15. The van der Waals surface area contributed by atoms with Gasteiger partial charge in [0.2, 0.25) is 0 Å². The summed E-state index contributed by atoms with van der Waals surface area (Å²) in [5.74, 6) is -0.660. The number of H-pyrrole nitrogens is 1. The summed E-state index contributed by atoms with van der Waals surface area (Å²) in [6.07, 6.45) is 1.79. The Morgan fingerprint density at radius 3 is 3.00 bits per heavy atom. The summed E-state index contributed by atoms with van der Waals surface area (Å²) in [4.78, 5) is 16.9. The molecule has 0 aliphatic rings. The third kappa shape index (κ3) is 2.88. The van der Waals surface area contributed by atoms with Crippen molar-refractivity contribution in [2.75, 3.05) is 14.2 Å². The third-order valence-electron chi connectivity index (χ3n) is 2.91. The number of aromatic amines is 1. The van der Waals surface area contributed by atoms with Crippen LogP contribution in [-0.2, 0) is 11.3 Å². The molecule has 106 valence electrons. The van der Waals surface area contributed by atoms with E-state index < -0.39 is 0 Å². The summed E-state index contributed by atoms with van der Waals surface area (Å²) < 4.78 is 13.9. The van der Waals surface area contributed by atoms with Crippen LogP contribution in [0.3, 0.4) is 0 Å². The number of hydrogen-bond acceptors (Lipinski definition) is 3. The van der Waals surface area contributed by atoms with Crippen molar-refractivity contribution in [2.24, 2.45) is 0 Å². The largest absolute Gasteiger partial charge is 0.281 e. The van der Waals surface area contributed by atoms with Crippen LogP contribution < -0.4 is 0 Å². The fourth-order valence-electron chi connectivity index (χ4n) is 1.76. The monoisotopic (exact) mass is 341 g/mol. The highest BCUT2D eigenvalue weighted by Gasteiger charge is 2.19. The number of carbonyl (C=O) groups is 1. The first-order valence-corrected chi connectivity index (χ1v) is 6.61. The molecule has 0 unspecified atom stereocenters. The van der Waals surface area contributed by atoms with Gasteiger partial charge in [-0.05, 0) is 27.6 Å². The van der Waals surface area contributed by atoms with Crippen LogP contribution in [0, 0.1) is 5.82 Å². The molecule has 0 saturated heterocycles. The van der Waals surface area contributed by atoms with E-state index in [4.69, 9.17) is 4.84 Å². The lowest BCUT2D eigenvalue weighted by molar-refractivity contribution is -0.0757. The van der Waals surface area contributed by atoms with Gasteiger partial charge in [0.1, 0.15) is 5.82 Å². The Kier molecular flexibility index (Phi) is 4.51. The number of hydroxylamine groups is 2. The van der Waals surface area contributed by atoms with Crippen LogP contribution in [0.25, 0.3) is 0 Å². The molecule has 1 N–H and O–H groups in total. The first-order valence-electron chi connectivity index (χ1n) is 5.82. The van der Waals surface area contributed by atoms with Crippen LogP contribution in [0.4, 0.5) is 4.39 Å². The quantitative estimate of drug-likeness (QED) is 0.869. The fourth-order valence-corrected chi connectivity index (χ4v) is 2.16. The van der Waals surface area contributed by atoms with E-state index in [1.807, 2.05) is 0 Å². The average molecular weight is 342 g/mol. The van der Waals surface area contributed by atoms with Crippen molar-refractivity contribution in [1.29, 1.82) is 0 Å². The number of rotatable bonds is 4. The van der Waals surface area contributed by atoms with Gasteiger partial charge in [0, 0.05) is 13.5 Å². The standard InChI is InChI=1S/C13H13BrFN3O2/c1-18(20-2)13(19)9-7-16-17-11(9)6-8-4-3-5-10(15)12(8)14/h3-5,7H,6H2,1-2H3,(H,16,17). The molecular formula is C13H13BrFN3O2. The number of benzene rings is 1. The van der Waals surface area contributed by atoms with Crippen LogP contribution in [0.1, 0.15) is 21.6 Å².